The number of carbonyl (C=O) groups is 10. The number of rotatable bonds is 22. The van der Waals surface area contributed by atoms with Gasteiger partial charge in [0.1, 0.15) is 60.1 Å². The zero-order chi connectivity index (χ0) is 56.4. The van der Waals surface area contributed by atoms with E-state index >= 15 is 0 Å². The van der Waals surface area contributed by atoms with Crippen molar-refractivity contribution in [3.63, 3.8) is 0 Å². The fourth-order valence-electron chi connectivity index (χ4n) is 7.71. The van der Waals surface area contributed by atoms with Gasteiger partial charge in [0.15, 0.2) is 6.61 Å². The molecule has 1 aromatic rings. The molecule has 11 unspecified atom stereocenters. The van der Waals surface area contributed by atoms with Gasteiger partial charge in [-0.15, -0.1) is 12.4 Å². The van der Waals surface area contributed by atoms with Crippen molar-refractivity contribution in [2.45, 2.75) is 153 Å². The van der Waals surface area contributed by atoms with Crippen molar-refractivity contribution in [2.24, 2.45) is 34.8 Å². The summed E-state index contributed by atoms with van der Waals surface area (Å²) in [6, 6.07) is -4.75. The third-order valence-electron chi connectivity index (χ3n) is 11.7. The Balaban J connectivity index is 0.0000289. The average Bonchev–Trinajstić information content (AvgIpc) is 3.34. The number of hydrogen-bond donors (Lipinski definition) is 16. The number of nitrogens with two attached hydrogens (primary N) is 4. The van der Waals surface area contributed by atoms with Gasteiger partial charge in [0, 0.05) is 6.54 Å². The molecule has 0 bridgehead atoms. The molecule has 20 N–H and O–H groups in total. The molecule has 430 valence electrons. The van der Waals surface area contributed by atoms with Crippen molar-refractivity contribution < 1.29 is 62.9 Å². The molecule has 0 aromatic heterocycles. The smallest absolute Gasteiger partial charge is 0.258 e. The van der Waals surface area contributed by atoms with Crippen LogP contribution in [0, 0.1) is 11.8 Å². The molecule has 0 radical (unpaired) electrons. The quantitative estimate of drug-likeness (QED) is 0.0515. The second-order valence-corrected chi connectivity index (χ2v) is 19.2. The number of benzene rings is 1. The summed E-state index contributed by atoms with van der Waals surface area (Å²) in [5.41, 5.74) is 23.4. The Morgan fingerprint density at radius 2 is 1.05 bits per heavy atom. The van der Waals surface area contributed by atoms with E-state index in [0.717, 1.165) is 0 Å². The standard InChI is InChI=1S/C48H82N14O13.ClH/c1-25(2)22-35-45(71)56-30(12-17-49)40(66)55-33(15-20-52)44(70)62-38(27(5)63)47(73)53-21-16-34(43(69)54-31(13-18-50)42(68)59-36(23-26(3)4)46(72)60-35)57-41(67)32(14-19-51)58-48(74)39(28(6)64)61-37(65)24-75-29-10-8-7-9-11-29;/h7-11,25-28,30-36,38-39,63-64H,12-24,49-52H2,1-6H3,(H,53,73)(H,54,69)(H,55,66)(H,56,71)(H,57,67)(H,58,74)(H,59,68)(H,60,72)(H,61,65)(H,62,70);1H. The lowest BCUT2D eigenvalue weighted by molar-refractivity contribution is -0.136. The van der Waals surface area contributed by atoms with Gasteiger partial charge in [0.25, 0.3) is 5.91 Å². The zero-order valence-corrected chi connectivity index (χ0v) is 45.0. The number of para-hydroxylation sites is 1. The Morgan fingerprint density at radius 3 is 1.49 bits per heavy atom. The monoisotopic (exact) mass is 1100 g/mol. The van der Waals surface area contributed by atoms with Crippen molar-refractivity contribution in [1.82, 2.24) is 53.2 Å². The molecule has 11 atom stereocenters. The van der Waals surface area contributed by atoms with Gasteiger partial charge in [-0.05, 0) is 109 Å². The molecule has 0 spiro atoms. The maximum absolute atomic E-state index is 14.3. The molecule has 1 fully saturated rings. The summed E-state index contributed by atoms with van der Waals surface area (Å²) in [6.07, 6.45) is -4.00. The van der Waals surface area contributed by atoms with E-state index in [2.05, 4.69) is 53.2 Å². The molecular weight excluding hydrogens is 1020 g/mol. The zero-order valence-electron chi connectivity index (χ0n) is 44.2. The highest BCUT2D eigenvalue weighted by Crippen LogP contribution is 2.12. The van der Waals surface area contributed by atoms with Crippen LogP contribution in [0.2, 0.25) is 0 Å². The van der Waals surface area contributed by atoms with E-state index in [0.29, 0.717) is 5.75 Å². The molecule has 10 amide bonds. The Hall–Kier alpha value is -6.23. The highest BCUT2D eigenvalue weighted by atomic mass is 35.5. The normalized spacial score (nSPS) is 23.3. The minimum Gasteiger partial charge on any atom is -0.484 e. The molecule has 1 aliphatic rings. The predicted octanol–water partition coefficient (Wildman–Crippen LogP) is -5.38. The Kier molecular flexibility index (Phi) is 31.4. The summed E-state index contributed by atoms with van der Waals surface area (Å²) in [5.74, 6) is -8.98. The van der Waals surface area contributed by atoms with Gasteiger partial charge in [0.05, 0.1) is 12.2 Å². The van der Waals surface area contributed by atoms with Crippen LogP contribution in [0.5, 0.6) is 5.75 Å². The number of carbonyl (C=O) groups excluding carboxylic acids is 10. The lowest BCUT2D eigenvalue weighted by atomic mass is 9.99. The van der Waals surface area contributed by atoms with Crippen LogP contribution in [0.25, 0.3) is 0 Å². The third-order valence-corrected chi connectivity index (χ3v) is 11.7. The van der Waals surface area contributed by atoms with Crippen LogP contribution in [0.15, 0.2) is 30.3 Å². The summed E-state index contributed by atoms with van der Waals surface area (Å²) in [5, 5.41) is 46.5. The number of ether oxygens (including phenoxy) is 1. The molecule has 1 aliphatic heterocycles. The number of amides is 10. The Morgan fingerprint density at radius 1 is 0.605 bits per heavy atom. The molecule has 2 rings (SSSR count). The van der Waals surface area contributed by atoms with Gasteiger partial charge >= 0.3 is 0 Å². The highest BCUT2D eigenvalue weighted by Gasteiger charge is 2.37. The van der Waals surface area contributed by atoms with E-state index in [-0.39, 0.29) is 88.9 Å². The second-order valence-electron chi connectivity index (χ2n) is 19.2. The van der Waals surface area contributed by atoms with Crippen LogP contribution in [0.1, 0.15) is 86.5 Å². The lowest BCUT2D eigenvalue weighted by Crippen LogP contribution is -2.61. The fourth-order valence-corrected chi connectivity index (χ4v) is 7.71. The average molecular weight is 1100 g/mol. The van der Waals surface area contributed by atoms with Crippen LogP contribution < -0.4 is 80.8 Å². The van der Waals surface area contributed by atoms with Crippen molar-refractivity contribution in [2.75, 3.05) is 39.3 Å². The van der Waals surface area contributed by atoms with Crippen LogP contribution in [0.3, 0.4) is 0 Å². The van der Waals surface area contributed by atoms with E-state index in [1.165, 1.54) is 13.8 Å². The van der Waals surface area contributed by atoms with Gasteiger partial charge in [-0.3, -0.25) is 47.9 Å². The Bertz CT molecular complexity index is 2050. The first-order valence-corrected chi connectivity index (χ1v) is 25.3. The SMILES string of the molecule is CC(C)CC1NC(=O)C(CCN)NC(=O)C(NC(=O)C(CCN)NC(=O)C(NC(=O)COc2ccccc2)C(C)O)CCNC(=O)C(C(C)O)NC(=O)C(CCN)NC(=O)C(CCN)NC(=O)C(CC(C)C)NC1=O.Cl. The van der Waals surface area contributed by atoms with E-state index in [1.807, 2.05) is 0 Å². The number of aliphatic hydroxyl groups is 2. The molecule has 1 heterocycles. The summed E-state index contributed by atoms with van der Waals surface area (Å²) in [6.45, 7) is 8.05. The first kappa shape index (κ1) is 67.8. The maximum Gasteiger partial charge on any atom is 0.258 e. The van der Waals surface area contributed by atoms with Crippen LogP contribution in [-0.4, -0.2) is 175 Å². The minimum atomic E-state index is -1.66. The second kappa shape index (κ2) is 35.2. The van der Waals surface area contributed by atoms with E-state index in [9.17, 15) is 58.2 Å². The topological polar surface area (TPSA) is 445 Å². The fraction of sp³-hybridized carbons (Fsp3) is 0.667. The van der Waals surface area contributed by atoms with Crippen LogP contribution in [0.4, 0.5) is 0 Å². The van der Waals surface area contributed by atoms with Gasteiger partial charge in [-0.1, -0.05) is 45.9 Å². The molecule has 0 aliphatic carbocycles. The van der Waals surface area contributed by atoms with Crippen LogP contribution >= 0.6 is 12.4 Å². The van der Waals surface area contributed by atoms with Gasteiger partial charge in [-0.25, -0.2) is 0 Å². The third kappa shape index (κ3) is 23.8. The summed E-state index contributed by atoms with van der Waals surface area (Å²) < 4.78 is 5.43. The van der Waals surface area contributed by atoms with E-state index < -0.39 is 145 Å². The highest BCUT2D eigenvalue weighted by molar-refractivity contribution is 5.99. The van der Waals surface area contributed by atoms with Gasteiger partial charge in [-0.2, -0.15) is 0 Å². The molecule has 28 heteroatoms. The summed E-state index contributed by atoms with van der Waals surface area (Å²) in [4.78, 5) is 138. The first-order valence-electron chi connectivity index (χ1n) is 25.3. The largest absolute Gasteiger partial charge is 0.484 e. The predicted molar refractivity (Wildman–Crippen MR) is 281 cm³/mol. The molecule has 1 aromatic carbocycles. The van der Waals surface area contributed by atoms with E-state index in [1.54, 1.807) is 58.0 Å². The molecule has 1 saturated heterocycles. The van der Waals surface area contributed by atoms with Gasteiger partial charge in [0.2, 0.25) is 53.2 Å². The first-order chi connectivity index (χ1) is 35.5. The summed E-state index contributed by atoms with van der Waals surface area (Å²) in [7, 11) is 0. The molecular formula is C48H83ClN14O13. The van der Waals surface area contributed by atoms with Crippen molar-refractivity contribution in [3.8, 4) is 5.75 Å². The lowest BCUT2D eigenvalue weighted by Gasteiger charge is -2.29. The van der Waals surface area contributed by atoms with Crippen molar-refractivity contribution >= 4 is 71.5 Å². The van der Waals surface area contributed by atoms with E-state index in [4.69, 9.17) is 27.7 Å². The van der Waals surface area contributed by atoms with Gasteiger partial charge < -0.3 is 91.1 Å². The molecule has 76 heavy (non-hydrogen) atoms. The number of halogens is 1. The molecule has 0 saturated carbocycles. The summed E-state index contributed by atoms with van der Waals surface area (Å²) >= 11 is 0. The Labute approximate surface area is 449 Å². The number of nitrogens with one attached hydrogen (secondary N) is 10. The van der Waals surface area contributed by atoms with Crippen LogP contribution in [-0.2, 0) is 47.9 Å². The van der Waals surface area contributed by atoms with Crippen molar-refractivity contribution in [1.29, 1.82) is 0 Å². The molecule has 27 nitrogen and oxygen atoms in total. The number of aliphatic hydroxyl groups excluding tert-OH is 2. The van der Waals surface area contributed by atoms with Crippen molar-refractivity contribution in [3.05, 3.63) is 30.3 Å². The maximum atomic E-state index is 14.3. The minimum absolute atomic E-state index is 0. The number of hydrogen-bond acceptors (Lipinski definition) is 17.